The second-order valence-corrected chi connectivity index (χ2v) is 2.29. The van der Waals surface area contributed by atoms with Crippen molar-refractivity contribution in [3.63, 3.8) is 0 Å². The molecule has 0 amide bonds. The van der Waals surface area contributed by atoms with Crippen LogP contribution >= 0.6 is 0 Å². The van der Waals surface area contributed by atoms with Crippen molar-refractivity contribution in [1.29, 1.82) is 0 Å². The third kappa shape index (κ3) is 0.675. The summed E-state index contributed by atoms with van der Waals surface area (Å²) in [6.45, 7) is 0.763. The number of aromatic amines is 1. The van der Waals surface area contributed by atoms with E-state index >= 15 is 0 Å². The minimum Gasteiger partial charge on any atom is -0.367 e. The summed E-state index contributed by atoms with van der Waals surface area (Å²) in [7, 11) is 0. The van der Waals surface area contributed by atoms with Crippen LogP contribution in [0, 0.1) is 0 Å². The molecule has 1 aliphatic heterocycles. The molecule has 0 atom stereocenters. The number of rotatable bonds is 0. The van der Waals surface area contributed by atoms with Gasteiger partial charge in [-0.2, -0.15) is 0 Å². The number of aromatic nitrogens is 1. The van der Waals surface area contributed by atoms with E-state index in [0.29, 0.717) is 6.61 Å². The quantitative estimate of drug-likeness (QED) is 0.572. The molecule has 0 fully saturated rings. The molecule has 10 heavy (non-hydrogen) atoms. The van der Waals surface area contributed by atoms with Crippen molar-refractivity contribution in [3.8, 4) is 0 Å². The number of fused-ring (bicyclic) bond motifs is 1. The number of carbonyl (C=O) groups is 1. The van der Waals surface area contributed by atoms with Gasteiger partial charge in [0.05, 0.1) is 12.3 Å². The molecule has 1 aliphatic rings. The van der Waals surface area contributed by atoms with Crippen molar-refractivity contribution in [1.82, 2.24) is 4.98 Å². The molecule has 1 N–H and O–H groups in total. The first kappa shape index (κ1) is 5.68. The Balaban J connectivity index is 2.50. The maximum atomic E-state index is 11.0. The fourth-order valence-corrected chi connectivity index (χ4v) is 1.11. The SMILES string of the molecule is O=C1COCc2[nH]ccc21. The largest absolute Gasteiger partial charge is 0.367 e. The molecule has 2 rings (SSSR count). The van der Waals surface area contributed by atoms with Gasteiger partial charge in [0.15, 0.2) is 5.78 Å². The average Bonchev–Trinajstić information content (AvgIpc) is 2.36. The van der Waals surface area contributed by atoms with Crippen LogP contribution in [-0.2, 0) is 11.3 Å². The predicted molar refractivity (Wildman–Crippen MR) is 34.8 cm³/mol. The zero-order valence-corrected chi connectivity index (χ0v) is 5.39. The van der Waals surface area contributed by atoms with E-state index in [-0.39, 0.29) is 12.4 Å². The van der Waals surface area contributed by atoms with E-state index in [4.69, 9.17) is 4.74 Å². The van der Waals surface area contributed by atoms with Crippen molar-refractivity contribution in [2.24, 2.45) is 0 Å². The van der Waals surface area contributed by atoms with E-state index in [1.165, 1.54) is 0 Å². The highest BCUT2D eigenvalue weighted by molar-refractivity contribution is 5.98. The van der Waals surface area contributed by atoms with Crippen molar-refractivity contribution in [2.75, 3.05) is 6.61 Å². The van der Waals surface area contributed by atoms with Crippen molar-refractivity contribution in [3.05, 3.63) is 23.5 Å². The molecule has 2 heterocycles. The molecule has 52 valence electrons. The topological polar surface area (TPSA) is 42.1 Å². The first-order valence-corrected chi connectivity index (χ1v) is 3.15. The molecule has 3 heteroatoms. The Hall–Kier alpha value is -1.09. The molecule has 0 radical (unpaired) electrons. The molecule has 0 aromatic carbocycles. The highest BCUT2D eigenvalue weighted by Gasteiger charge is 2.17. The molecule has 0 unspecified atom stereocenters. The molecule has 1 aromatic heterocycles. The number of hydrogen-bond acceptors (Lipinski definition) is 2. The molecule has 0 saturated heterocycles. The fraction of sp³-hybridized carbons (Fsp3) is 0.286. The summed E-state index contributed by atoms with van der Waals surface area (Å²) in [5, 5.41) is 0. The third-order valence-corrected chi connectivity index (χ3v) is 1.61. The maximum Gasteiger partial charge on any atom is 0.190 e. The number of carbonyl (C=O) groups excluding carboxylic acids is 1. The van der Waals surface area contributed by atoms with Crippen molar-refractivity contribution in [2.45, 2.75) is 6.61 Å². The Morgan fingerprint density at radius 3 is 3.20 bits per heavy atom. The molecular formula is C7H7NO2. The lowest BCUT2D eigenvalue weighted by Gasteiger charge is -2.09. The van der Waals surface area contributed by atoms with E-state index in [2.05, 4.69) is 4.98 Å². The van der Waals surface area contributed by atoms with Crippen LogP contribution in [-0.4, -0.2) is 17.4 Å². The third-order valence-electron chi connectivity index (χ3n) is 1.61. The van der Waals surface area contributed by atoms with E-state index < -0.39 is 0 Å². The second kappa shape index (κ2) is 1.95. The molecule has 0 aliphatic carbocycles. The molecule has 0 saturated carbocycles. The van der Waals surface area contributed by atoms with Gasteiger partial charge >= 0.3 is 0 Å². The fourth-order valence-electron chi connectivity index (χ4n) is 1.11. The minimum absolute atomic E-state index is 0.0718. The van der Waals surface area contributed by atoms with E-state index in [1.54, 1.807) is 12.3 Å². The zero-order chi connectivity index (χ0) is 6.97. The highest BCUT2D eigenvalue weighted by Crippen LogP contribution is 2.13. The number of nitrogens with one attached hydrogen (secondary N) is 1. The number of Topliss-reactive ketones (excluding diaryl/α,β-unsaturated/α-hetero) is 1. The summed E-state index contributed by atoms with van der Waals surface area (Å²) < 4.78 is 4.99. The number of hydrogen-bond donors (Lipinski definition) is 1. The summed E-state index contributed by atoms with van der Waals surface area (Å²) in [4.78, 5) is 13.9. The Labute approximate surface area is 58.0 Å². The van der Waals surface area contributed by atoms with Crippen LogP contribution in [0.25, 0.3) is 0 Å². The van der Waals surface area contributed by atoms with Gasteiger partial charge in [0.25, 0.3) is 0 Å². The Morgan fingerprint density at radius 2 is 2.40 bits per heavy atom. The van der Waals surface area contributed by atoms with Gasteiger partial charge < -0.3 is 9.72 Å². The van der Waals surface area contributed by atoms with Crippen LogP contribution in [0.3, 0.4) is 0 Å². The molecule has 0 spiro atoms. The second-order valence-electron chi connectivity index (χ2n) is 2.29. The summed E-state index contributed by atoms with van der Waals surface area (Å²) in [6, 6.07) is 1.79. The van der Waals surface area contributed by atoms with Gasteiger partial charge in [-0.3, -0.25) is 4.79 Å². The lowest BCUT2D eigenvalue weighted by molar-refractivity contribution is 0.0659. The van der Waals surface area contributed by atoms with Crippen LogP contribution in [0.15, 0.2) is 12.3 Å². The Morgan fingerprint density at radius 1 is 1.50 bits per heavy atom. The monoisotopic (exact) mass is 137 g/mol. The van der Waals surface area contributed by atoms with Gasteiger partial charge in [-0.05, 0) is 6.07 Å². The molecule has 3 nitrogen and oxygen atoms in total. The predicted octanol–water partition coefficient (Wildman–Crippen LogP) is 0.728. The van der Waals surface area contributed by atoms with Gasteiger partial charge in [0, 0.05) is 11.8 Å². The standard InChI is InChI=1S/C7H7NO2/c9-7-4-10-3-6-5(7)1-2-8-6/h1-2,8H,3-4H2. The van der Waals surface area contributed by atoms with E-state index in [1.807, 2.05) is 0 Å². The normalized spacial score (nSPS) is 17.0. The van der Waals surface area contributed by atoms with E-state index in [0.717, 1.165) is 11.3 Å². The first-order valence-electron chi connectivity index (χ1n) is 3.15. The number of ether oxygens (including phenoxy) is 1. The van der Waals surface area contributed by atoms with Crippen LogP contribution in [0.2, 0.25) is 0 Å². The number of H-pyrrole nitrogens is 1. The first-order chi connectivity index (χ1) is 4.88. The average molecular weight is 137 g/mol. The maximum absolute atomic E-state index is 11.0. The van der Waals surface area contributed by atoms with Crippen LogP contribution in [0.1, 0.15) is 16.1 Å². The van der Waals surface area contributed by atoms with Crippen molar-refractivity contribution < 1.29 is 9.53 Å². The summed E-state index contributed by atoms with van der Waals surface area (Å²) >= 11 is 0. The Kier molecular flexibility index (Phi) is 1.11. The summed E-state index contributed by atoms with van der Waals surface area (Å²) in [6.07, 6.45) is 1.76. The van der Waals surface area contributed by atoms with Crippen LogP contribution in [0.5, 0.6) is 0 Å². The molecule has 0 bridgehead atoms. The minimum atomic E-state index is 0.0718. The smallest absolute Gasteiger partial charge is 0.190 e. The summed E-state index contributed by atoms with van der Waals surface area (Å²) in [5.74, 6) is 0.0718. The highest BCUT2D eigenvalue weighted by atomic mass is 16.5. The molecule has 1 aromatic rings. The summed E-state index contributed by atoms with van der Waals surface area (Å²) in [5.41, 5.74) is 1.68. The van der Waals surface area contributed by atoms with Gasteiger partial charge in [-0.15, -0.1) is 0 Å². The van der Waals surface area contributed by atoms with Crippen LogP contribution in [0.4, 0.5) is 0 Å². The lowest BCUT2D eigenvalue weighted by atomic mass is 10.1. The van der Waals surface area contributed by atoms with E-state index in [9.17, 15) is 4.79 Å². The zero-order valence-electron chi connectivity index (χ0n) is 5.39. The molecular weight excluding hydrogens is 130 g/mol. The van der Waals surface area contributed by atoms with Gasteiger partial charge in [0.2, 0.25) is 0 Å². The van der Waals surface area contributed by atoms with Crippen LogP contribution < -0.4 is 0 Å². The van der Waals surface area contributed by atoms with Crippen molar-refractivity contribution >= 4 is 5.78 Å². The Bertz CT molecular complexity index is 264. The van der Waals surface area contributed by atoms with Gasteiger partial charge in [0.1, 0.15) is 6.61 Å². The van der Waals surface area contributed by atoms with Gasteiger partial charge in [-0.25, -0.2) is 0 Å². The van der Waals surface area contributed by atoms with Gasteiger partial charge in [-0.1, -0.05) is 0 Å². The lowest BCUT2D eigenvalue weighted by Crippen LogP contribution is -2.16. The number of ketones is 1.